The lowest BCUT2D eigenvalue weighted by atomic mass is 10.2. The molecular weight excluding hydrogens is 397 g/mol. The minimum atomic E-state index is -3.79. The number of nitrogens with one attached hydrogen (secondary N) is 1. The predicted molar refractivity (Wildman–Crippen MR) is 82.2 cm³/mol. The van der Waals surface area contributed by atoms with Crippen LogP contribution in [0.3, 0.4) is 0 Å². The molecule has 112 valence electrons. The van der Waals surface area contributed by atoms with Crippen molar-refractivity contribution in [2.45, 2.75) is 30.7 Å². The standard InChI is InChI=1S/C12H16INO5S/c1-2-8(5-6-15)14-20(18,19)9-3-4-11(13)10(7-9)12(16)17/h3-4,7-8,14-15H,2,5-6H2,1H3,(H,16,17). The van der Waals surface area contributed by atoms with E-state index in [2.05, 4.69) is 4.72 Å². The van der Waals surface area contributed by atoms with E-state index in [1.807, 2.05) is 22.6 Å². The van der Waals surface area contributed by atoms with Crippen molar-refractivity contribution in [1.29, 1.82) is 0 Å². The third-order valence-corrected chi connectivity index (χ3v) is 5.23. The van der Waals surface area contributed by atoms with Crippen molar-refractivity contribution in [3.63, 3.8) is 0 Å². The minimum absolute atomic E-state index is 0.0521. The first-order valence-electron chi connectivity index (χ1n) is 5.97. The summed E-state index contributed by atoms with van der Waals surface area (Å²) in [5, 5.41) is 17.9. The zero-order valence-corrected chi connectivity index (χ0v) is 13.8. The minimum Gasteiger partial charge on any atom is -0.478 e. The van der Waals surface area contributed by atoms with E-state index in [9.17, 15) is 13.2 Å². The molecule has 0 radical (unpaired) electrons. The van der Waals surface area contributed by atoms with Crippen LogP contribution in [-0.2, 0) is 10.0 Å². The van der Waals surface area contributed by atoms with Crippen LogP contribution in [-0.4, -0.2) is 37.2 Å². The molecule has 0 heterocycles. The van der Waals surface area contributed by atoms with Gasteiger partial charge in [0.1, 0.15) is 0 Å². The summed E-state index contributed by atoms with van der Waals surface area (Å²) in [5.41, 5.74) is -0.0521. The molecule has 1 atom stereocenters. The van der Waals surface area contributed by atoms with Gasteiger partial charge in [0, 0.05) is 16.2 Å². The number of hydrogen-bond acceptors (Lipinski definition) is 4. The van der Waals surface area contributed by atoms with Crippen molar-refractivity contribution in [2.75, 3.05) is 6.61 Å². The Morgan fingerprint density at radius 1 is 1.45 bits per heavy atom. The summed E-state index contributed by atoms with van der Waals surface area (Å²) in [6, 6.07) is 3.57. The molecule has 0 aliphatic heterocycles. The SMILES string of the molecule is CCC(CCO)NS(=O)(=O)c1ccc(I)c(C(=O)O)c1. The van der Waals surface area contributed by atoms with Crippen molar-refractivity contribution in [1.82, 2.24) is 4.72 Å². The molecule has 1 aromatic carbocycles. The number of aliphatic hydroxyl groups excluding tert-OH is 1. The van der Waals surface area contributed by atoms with Crippen LogP contribution in [0.5, 0.6) is 0 Å². The number of benzene rings is 1. The first kappa shape index (κ1) is 17.3. The van der Waals surface area contributed by atoms with Crippen LogP contribution in [0.15, 0.2) is 23.1 Å². The summed E-state index contributed by atoms with van der Waals surface area (Å²) < 4.78 is 27.3. The second-order valence-corrected chi connectivity index (χ2v) is 7.06. The molecule has 1 aromatic rings. The molecule has 0 bridgehead atoms. The zero-order chi connectivity index (χ0) is 15.3. The fraction of sp³-hybridized carbons (Fsp3) is 0.417. The van der Waals surface area contributed by atoms with Crippen molar-refractivity contribution >= 4 is 38.6 Å². The summed E-state index contributed by atoms with van der Waals surface area (Å²) in [4.78, 5) is 10.9. The second kappa shape index (κ2) is 7.34. The molecule has 0 amide bonds. The number of sulfonamides is 1. The van der Waals surface area contributed by atoms with Crippen LogP contribution in [0.25, 0.3) is 0 Å². The smallest absolute Gasteiger partial charge is 0.336 e. The normalized spacial score (nSPS) is 13.2. The Morgan fingerprint density at radius 2 is 2.10 bits per heavy atom. The molecule has 0 spiro atoms. The maximum Gasteiger partial charge on any atom is 0.336 e. The van der Waals surface area contributed by atoms with E-state index in [0.29, 0.717) is 16.4 Å². The van der Waals surface area contributed by atoms with Crippen LogP contribution in [0.4, 0.5) is 0 Å². The Hall–Kier alpha value is -0.710. The Bertz CT molecular complexity index is 588. The molecular formula is C12H16INO5S. The molecule has 8 heteroatoms. The third-order valence-electron chi connectivity index (χ3n) is 2.77. The highest BCUT2D eigenvalue weighted by atomic mass is 127. The van der Waals surface area contributed by atoms with Crippen LogP contribution in [0.2, 0.25) is 0 Å². The number of halogens is 1. The first-order chi connectivity index (χ1) is 9.31. The van der Waals surface area contributed by atoms with Gasteiger partial charge in [0.25, 0.3) is 0 Å². The summed E-state index contributed by atoms with van der Waals surface area (Å²) >= 11 is 1.84. The monoisotopic (exact) mass is 413 g/mol. The number of rotatable bonds is 7. The van der Waals surface area contributed by atoms with Crippen LogP contribution in [0.1, 0.15) is 30.1 Å². The fourth-order valence-corrected chi connectivity index (χ4v) is 3.57. The predicted octanol–water partition coefficient (Wildman–Crippen LogP) is 1.43. The van der Waals surface area contributed by atoms with E-state index in [-0.39, 0.29) is 23.1 Å². The number of aliphatic hydroxyl groups is 1. The fourth-order valence-electron chi connectivity index (χ4n) is 1.63. The molecule has 0 aliphatic rings. The Kier molecular flexibility index (Phi) is 6.37. The average molecular weight is 413 g/mol. The van der Waals surface area contributed by atoms with Crippen LogP contribution < -0.4 is 4.72 Å². The maximum atomic E-state index is 12.2. The molecule has 1 rings (SSSR count). The number of aromatic carboxylic acids is 1. The van der Waals surface area contributed by atoms with E-state index >= 15 is 0 Å². The third kappa shape index (κ3) is 4.40. The van der Waals surface area contributed by atoms with Gasteiger partial charge in [0.15, 0.2) is 0 Å². The van der Waals surface area contributed by atoms with E-state index in [4.69, 9.17) is 10.2 Å². The highest BCUT2D eigenvalue weighted by Crippen LogP contribution is 2.18. The highest BCUT2D eigenvalue weighted by molar-refractivity contribution is 14.1. The zero-order valence-electron chi connectivity index (χ0n) is 10.8. The molecule has 0 aliphatic carbocycles. The second-order valence-electron chi connectivity index (χ2n) is 4.19. The molecule has 0 saturated carbocycles. The van der Waals surface area contributed by atoms with Crippen molar-refractivity contribution < 1.29 is 23.4 Å². The van der Waals surface area contributed by atoms with E-state index in [1.165, 1.54) is 12.1 Å². The summed E-state index contributed by atoms with van der Waals surface area (Å²) in [6.07, 6.45) is 0.849. The number of hydrogen-bond donors (Lipinski definition) is 3. The topological polar surface area (TPSA) is 104 Å². The van der Waals surface area contributed by atoms with Gasteiger partial charge >= 0.3 is 5.97 Å². The molecule has 0 aromatic heterocycles. The number of carboxylic acids is 1. The number of carbonyl (C=O) groups is 1. The van der Waals surface area contributed by atoms with Gasteiger partial charge in [-0.15, -0.1) is 0 Å². The van der Waals surface area contributed by atoms with Gasteiger partial charge in [-0.05, 0) is 53.6 Å². The van der Waals surface area contributed by atoms with E-state index in [1.54, 1.807) is 6.92 Å². The molecule has 1 unspecified atom stereocenters. The lowest BCUT2D eigenvalue weighted by Gasteiger charge is -2.16. The Labute approximate surface area is 131 Å². The van der Waals surface area contributed by atoms with Crippen LogP contribution in [0, 0.1) is 3.57 Å². The molecule has 0 fully saturated rings. The van der Waals surface area contributed by atoms with Gasteiger partial charge in [-0.3, -0.25) is 0 Å². The molecule has 0 saturated heterocycles. The average Bonchev–Trinajstić information content (AvgIpc) is 2.37. The van der Waals surface area contributed by atoms with Crippen LogP contribution >= 0.6 is 22.6 Å². The Morgan fingerprint density at radius 3 is 2.60 bits per heavy atom. The first-order valence-corrected chi connectivity index (χ1v) is 8.54. The largest absolute Gasteiger partial charge is 0.478 e. The van der Waals surface area contributed by atoms with Gasteiger partial charge < -0.3 is 10.2 Å². The summed E-state index contributed by atoms with van der Waals surface area (Å²) in [6.45, 7) is 1.69. The van der Waals surface area contributed by atoms with Gasteiger partial charge in [0.2, 0.25) is 10.0 Å². The molecule has 20 heavy (non-hydrogen) atoms. The summed E-state index contributed by atoms with van der Waals surface area (Å²) in [7, 11) is -3.79. The van der Waals surface area contributed by atoms with Gasteiger partial charge in [0.05, 0.1) is 10.5 Å². The molecule has 3 N–H and O–H groups in total. The van der Waals surface area contributed by atoms with Gasteiger partial charge in [-0.25, -0.2) is 17.9 Å². The molecule has 6 nitrogen and oxygen atoms in total. The number of carboxylic acid groups (broad SMARTS) is 1. The lowest BCUT2D eigenvalue weighted by molar-refractivity contribution is 0.0695. The Balaban J connectivity index is 3.09. The van der Waals surface area contributed by atoms with Crippen molar-refractivity contribution in [3.8, 4) is 0 Å². The van der Waals surface area contributed by atoms with Crippen molar-refractivity contribution in [2.24, 2.45) is 0 Å². The highest BCUT2D eigenvalue weighted by Gasteiger charge is 2.21. The van der Waals surface area contributed by atoms with Gasteiger partial charge in [-0.1, -0.05) is 6.92 Å². The van der Waals surface area contributed by atoms with E-state index < -0.39 is 16.0 Å². The van der Waals surface area contributed by atoms with E-state index in [0.717, 1.165) is 6.07 Å². The quantitative estimate of drug-likeness (QED) is 0.587. The summed E-state index contributed by atoms with van der Waals surface area (Å²) in [5.74, 6) is -1.17. The maximum absolute atomic E-state index is 12.2. The van der Waals surface area contributed by atoms with Crippen molar-refractivity contribution in [3.05, 3.63) is 27.3 Å². The van der Waals surface area contributed by atoms with Gasteiger partial charge in [-0.2, -0.15) is 0 Å². The lowest BCUT2D eigenvalue weighted by Crippen LogP contribution is -2.35.